The van der Waals surface area contributed by atoms with Gasteiger partial charge in [-0.25, -0.2) is 4.79 Å². The van der Waals surface area contributed by atoms with Gasteiger partial charge in [0.1, 0.15) is 13.2 Å². The predicted molar refractivity (Wildman–Crippen MR) is 141 cm³/mol. The van der Waals surface area contributed by atoms with Gasteiger partial charge >= 0.3 is 5.97 Å². The maximum atomic E-state index is 11.1. The van der Waals surface area contributed by atoms with Crippen LogP contribution in [0.3, 0.4) is 0 Å². The number of aliphatic hydroxyl groups is 1. The SMILES string of the molecule is Cn1nc(Nc2cccc(-c3ccc4c(c3)OCCO4)c2Br)c2cc(C=N[C@@H](CO)C(=O)O)ccc21. The molecule has 0 unspecified atom stereocenters. The molecule has 0 amide bonds. The lowest BCUT2D eigenvalue weighted by Gasteiger charge is -2.19. The summed E-state index contributed by atoms with van der Waals surface area (Å²) in [5.41, 5.74) is 4.38. The van der Waals surface area contributed by atoms with E-state index in [1.807, 2.05) is 61.6 Å². The standard InChI is InChI=1S/C26H23BrN4O5/c1-31-21-7-5-15(13-28-20(14-32)26(33)34)11-18(21)25(30-31)29-19-4-2-3-17(24(19)27)16-6-8-22-23(12-16)36-10-9-35-22/h2-8,11-13,20,32H,9-10,14H2,1H3,(H,29,30)(H,33,34)/t20-/m0/s1. The molecule has 5 rings (SSSR count). The molecule has 184 valence electrons. The smallest absolute Gasteiger partial charge is 0.330 e. The number of halogens is 1. The molecule has 36 heavy (non-hydrogen) atoms. The Morgan fingerprint density at radius 1 is 1.19 bits per heavy atom. The number of carbonyl (C=O) groups is 1. The molecule has 1 aliphatic rings. The Kier molecular flexibility index (Phi) is 6.62. The summed E-state index contributed by atoms with van der Waals surface area (Å²) in [4.78, 5) is 15.1. The van der Waals surface area contributed by atoms with Crippen LogP contribution in [0.4, 0.5) is 11.5 Å². The number of aliphatic carboxylic acids is 1. The Balaban J connectivity index is 1.47. The van der Waals surface area contributed by atoms with E-state index in [2.05, 4.69) is 31.3 Å². The van der Waals surface area contributed by atoms with Crippen LogP contribution in [0.25, 0.3) is 22.0 Å². The van der Waals surface area contributed by atoms with Gasteiger partial charge in [-0.2, -0.15) is 5.10 Å². The average molecular weight is 551 g/mol. The van der Waals surface area contributed by atoms with Crippen LogP contribution in [0.1, 0.15) is 5.56 Å². The number of benzene rings is 3. The second-order valence-corrected chi connectivity index (χ2v) is 9.01. The number of anilines is 2. The number of nitrogens with one attached hydrogen (secondary N) is 1. The van der Waals surface area contributed by atoms with Crippen molar-refractivity contribution in [1.29, 1.82) is 0 Å². The zero-order valence-corrected chi connectivity index (χ0v) is 20.9. The molecule has 10 heteroatoms. The van der Waals surface area contributed by atoms with E-state index in [0.29, 0.717) is 24.6 Å². The number of carboxylic acids is 1. The fourth-order valence-corrected chi connectivity index (χ4v) is 4.60. The highest BCUT2D eigenvalue weighted by Crippen LogP contribution is 2.40. The maximum absolute atomic E-state index is 11.1. The molecular weight excluding hydrogens is 528 g/mol. The van der Waals surface area contributed by atoms with E-state index in [9.17, 15) is 9.90 Å². The minimum Gasteiger partial charge on any atom is -0.486 e. The summed E-state index contributed by atoms with van der Waals surface area (Å²) in [6.45, 7) is 0.500. The molecule has 0 saturated carbocycles. The number of aliphatic imine (C=N–C) groups is 1. The highest BCUT2D eigenvalue weighted by Gasteiger charge is 2.17. The number of fused-ring (bicyclic) bond motifs is 2. The number of rotatable bonds is 7. The summed E-state index contributed by atoms with van der Waals surface area (Å²) in [7, 11) is 1.86. The van der Waals surface area contributed by atoms with Gasteiger partial charge in [-0.1, -0.05) is 24.3 Å². The summed E-state index contributed by atoms with van der Waals surface area (Å²) in [6, 6.07) is 16.2. The Morgan fingerprint density at radius 2 is 2.00 bits per heavy atom. The van der Waals surface area contributed by atoms with Crippen molar-refractivity contribution in [2.75, 3.05) is 25.1 Å². The summed E-state index contributed by atoms with van der Waals surface area (Å²) in [5, 5.41) is 27.2. The van der Waals surface area contributed by atoms with Crippen LogP contribution in [0, 0.1) is 0 Å². The van der Waals surface area contributed by atoms with Crippen LogP contribution in [-0.2, 0) is 11.8 Å². The van der Waals surface area contributed by atoms with Crippen molar-refractivity contribution < 1.29 is 24.5 Å². The molecule has 1 atom stereocenters. The number of aliphatic hydroxyl groups excluding tert-OH is 1. The third kappa shape index (κ3) is 4.65. The number of nitrogens with zero attached hydrogens (tertiary/aromatic N) is 3. The van der Waals surface area contributed by atoms with Gasteiger partial charge in [-0.3, -0.25) is 9.67 Å². The van der Waals surface area contributed by atoms with Crippen molar-refractivity contribution in [3.8, 4) is 22.6 Å². The first kappa shape index (κ1) is 23.8. The molecule has 0 bridgehead atoms. The van der Waals surface area contributed by atoms with E-state index in [1.54, 1.807) is 4.68 Å². The molecule has 0 saturated heterocycles. The summed E-state index contributed by atoms with van der Waals surface area (Å²) < 4.78 is 14.0. The minimum absolute atomic E-state index is 0.523. The molecule has 0 spiro atoms. The number of ether oxygens (including phenoxy) is 2. The van der Waals surface area contributed by atoms with E-state index in [-0.39, 0.29) is 0 Å². The van der Waals surface area contributed by atoms with Crippen LogP contribution < -0.4 is 14.8 Å². The van der Waals surface area contributed by atoms with Crippen LogP contribution >= 0.6 is 15.9 Å². The van der Waals surface area contributed by atoms with Crippen molar-refractivity contribution in [3.63, 3.8) is 0 Å². The first-order valence-electron chi connectivity index (χ1n) is 11.2. The van der Waals surface area contributed by atoms with Gasteiger partial charge in [0.2, 0.25) is 0 Å². The molecule has 0 fully saturated rings. The van der Waals surface area contributed by atoms with Crippen LogP contribution in [-0.4, -0.2) is 58.0 Å². The monoisotopic (exact) mass is 550 g/mol. The maximum Gasteiger partial charge on any atom is 0.330 e. The molecule has 0 aliphatic carbocycles. The van der Waals surface area contributed by atoms with Gasteiger partial charge in [-0.05, 0) is 63.0 Å². The number of hydrogen-bond acceptors (Lipinski definition) is 7. The highest BCUT2D eigenvalue weighted by molar-refractivity contribution is 9.10. The average Bonchev–Trinajstić information content (AvgIpc) is 3.19. The number of aromatic nitrogens is 2. The predicted octanol–water partition coefficient (Wildman–Crippen LogP) is 4.38. The number of carboxylic acid groups (broad SMARTS) is 1. The second kappa shape index (κ2) is 10.00. The van der Waals surface area contributed by atoms with E-state index >= 15 is 0 Å². The highest BCUT2D eigenvalue weighted by atomic mass is 79.9. The molecule has 3 N–H and O–H groups in total. The fourth-order valence-electron chi connectivity index (χ4n) is 4.01. The van der Waals surface area contributed by atoms with Gasteiger partial charge in [0.05, 0.1) is 17.8 Å². The van der Waals surface area contributed by atoms with Gasteiger partial charge in [0.25, 0.3) is 0 Å². The quantitative estimate of drug-likeness (QED) is 0.292. The van der Waals surface area contributed by atoms with E-state index in [4.69, 9.17) is 14.6 Å². The van der Waals surface area contributed by atoms with Crippen LogP contribution in [0.5, 0.6) is 11.5 Å². The first-order valence-corrected chi connectivity index (χ1v) is 12.0. The molecule has 0 radical (unpaired) electrons. The normalized spacial score (nSPS) is 13.8. The lowest BCUT2D eigenvalue weighted by atomic mass is 10.0. The Bertz CT molecular complexity index is 1480. The van der Waals surface area contributed by atoms with E-state index in [1.165, 1.54) is 6.21 Å². The van der Waals surface area contributed by atoms with Crippen molar-refractivity contribution in [2.24, 2.45) is 12.0 Å². The topological polar surface area (TPSA) is 118 Å². The third-order valence-corrected chi connectivity index (χ3v) is 6.70. The van der Waals surface area contributed by atoms with Crippen molar-refractivity contribution >= 4 is 50.5 Å². The zero-order chi connectivity index (χ0) is 25.2. The molecule has 9 nitrogen and oxygen atoms in total. The van der Waals surface area contributed by atoms with Crippen LogP contribution in [0.15, 0.2) is 64.1 Å². The molecular formula is C26H23BrN4O5. The summed E-state index contributed by atoms with van der Waals surface area (Å²) in [5.74, 6) is 0.921. The lowest BCUT2D eigenvalue weighted by Crippen LogP contribution is -2.22. The van der Waals surface area contributed by atoms with Crippen molar-refractivity contribution in [1.82, 2.24) is 9.78 Å². The molecule has 1 aliphatic heterocycles. The summed E-state index contributed by atoms with van der Waals surface area (Å²) in [6.07, 6.45) is 1.45. The van der Waals surface area contributed by atoms with Gasteiger partial charge in [0.15, 0.2) is 23.4 Å². The Hall–Kier alpha value is -3.89. The third-order valence-electron chi connectivity index (χ3n) is 5.84. The Labute approximate surface area is 215 Å². The van der Waals surface area contributed by atoms with Crippen molar-refractivity contribution in [3.05, 3.63) is 64.6 Å². The van der Waals surface area contributed by atoms with Crippen molar-refractivity contribution in [2.45, 2.75) is 6.04 Å². The second-order valence-electron chi connectivity index (χ2n) is 8.21. The van der Waals surface area contributed by atoms with Gasteiger partial charge in [0, 0.05) is 23.1 Å². The zero-order valence-electron chi connectivity index (χ0n) is 19.3. The van der Waals surface area contributed by atoms with Gasteiger partial charge < -0.3 is 25.0 Å². The van der Waals surface area contributed by atoms with E-state index < -0.39 is 18.6 Å². The Morgan fingerprint density at radius 3 is 2.78 bits per heavy atom. The lowest BCUT2D eigenvalue weighted by molar-refractivity contribution is -0.139. The number of aryl methyl sites for hydroxylation is 1. The van der Waals surface area contributed by atoms with Crippen LogP contribution in [0.2, 0.25) is 0 Å². The molecule has 1 aromatic heterocycles. The largest absolute Gasteiger partial charge is 0.486 e. The molecule has 4 aromatic rings. The number of hydrogen-bond donors (Lipinski definition) is 3. The molecule has 3 aromatic carbocycles. The minimum atomic E-state index is -1.20. The first-order chi connectivity index (χ1) is 17.4. The van der Waals surface area contributed by atoms with Gasteiger partial charge in [-0.15, -0.1) is 0 Å². The molecule has 2 heterocycles. The summed E-state index contributed by atoms with van der Waals surface area (Å²) >= 11 is 3.75. The van der Waals surface area contributed by atoms with E-state index in [0.717, 1.165) is 43.7 Å². The fraction of sp³-hybridized carbons (Fsp3) is 0.192.